The van der Waals surface area contributed by atoms with Crippen molar-refractivity contribution >= 4 is 5.97 Å². The number of epoxide rings is 1. The highest BCUT2D eigenvalue weighted by Gasteiger charge is 2.65. The van der Waals surface area contributed by atoms with Gasteiger partial charge in [0.1, 0.15) is 6.10 Å². The summed E-state index contributed by atoms with van der Waals surface area (Å²) in [5.74, 6) is 2.20. The monoisotopic (exact) mass is 542 g/mol. The number of nitrogens with zero attached hydrogens (tertiary/aromatic N) is 2. The Morgan fingerprint density at radius 2 is 1.97 bits per heavy atom. The molecule has 6 rings (SSSR count). The van der Waals surface area contributed by atoms with Gasteiger partial charge in [0.2, 0.25) is 0 Å². The first-order chi connectivity index (χ1) is 18.9. The minimum atomic E-state index is -0.0998. The van der Waals surface area contributed by atoms with E-state index in [1.807, 2.05) is 12.1 Å². The summed E-state index contributed by atoms with van der Waals surface area (Å²) in [4.78, 5) is 18.3. The van der Waals surface area contributed by atoms with Crippen molar-refractivity contribution in [2.45, 2.75) is 63.7 Å². The van der Waals surface area contributed by atoms with Crippen LogP contribution in [0, 0.1) is 23.2 Å². The summed E-state index contributed by atoms with van der Waals surface area (Å²) in [6, 6.07) is 6.06. The molecule has 1 spiro atoms. The van der Waals surface area contributed by atoms with Gasteiger partial charge in [-0.25, -0.2) is 0 Å². The Balaban J connectivity index is 1.19. The molecule has 1 aromatic carbocycles. The lowest BCUT2D eigenvalue weighted by molar-refractivity contribution is -0.147. The summed E-state index contributed by atoms with van der Waals surface area (Å²) >= 11 is 0. The summed E-state index contributed by atoms with van der Waals surface area (Å²) in [6.45, 7) is 10.3. The van der Waals surface area contributed by atoms with Crippen molar-refractivity contribution in [1.82, 2.24) is 9.80 Å². The van der Waals surface area contributed by atoms with E-state index in [0.717, 1.165) is 82.3 Å². The summed E-state index contributed by atoms with van der Waals surface area (Å²) in [6.07, 6.45) is 6.73. The Kier molecular flexibility index (Phi) is 7.83. The lowest BCUT2D eigenvalue weighted by Gasteiger charge is -2.51. The zero-order valence-electron chi connectivity index (χ0n) is 24.0. The summed E-state index contributed by atoms with van der Waals surface area (Å²) < 4.78 is 29.1. The number of hydrogen-bond acceptors (Lipinski definition) is 8. The molecule has 0 radical (unpaired) electrons. The lowest BCUT2D eigenvalue weighted by atomic mass is 9.53. The van der Waals surface area contributed by atoms with Gasteiger partial charge in [-0.1, -0.05) is 19.1 Å². The van der Waals surface area contributed by atoms with Gasteiger partial charge in [-0.05, 0) is 69.0 Å². The van der Waals surface area contributed by atoms with E-state index >= 15 is 0 Å². The van der Waals surface area contributed by atoms with Crippen LogP contribution < -0.4 is 9.47 Å². The van der Waals surface area contributed by atoms with Gasteiger partial charge < -0.3 is 23.7 Å². The van der Waals surface area contributed by atoms with Crippen molar-refractivity contribution < 1.29 is 28.5 Å². The largest absolute Gasteiger partial charge is 0.493 e. The van der Waals surface area contributed by atoms with E-state index in [2.05, 4.69) is 22.8 Å². The SMILES string of the molecule is COc1cccc(CN(CCCN2CCOCC2)C[C@@H]2C(=O)O[C@@H]3C[C@@]4(C)CCC[C@]5(CO5)[C@@H]4C[C@@H]23)c1OC. The fourth-order valence-electron chi connectivity index (χ4n) is 8.34. The van der Waals surface area contributed by atoms with Gasteiger partial charge >= 0.3 is 5.97 Å². The van der Waals surface area contributed by atoms with Crippen LogP contribution in [0.1, 0.15) is 51.0 Å². The topological polar surface area (TPSA) is 73.0 Å². The number of methoxy groups -OCH3 is 2. The van der Waals surface area contributed by atoms with Crippen LogP contribution in [0.2, 0.25) is 0 Å². The van der Waals surface area contributed by atoms with Crippen molar-refractivity contribution in [3.63, 3.8) is 0 Å². The number of benzene rings is 1. The van der Waals surface area contributed by atoms with Crippen LogP contribution in [0.4, 0.5) is 0 Å². The van der Waals surface area contributed by atoms with Gasteiger partial charge in [0.15, 0.2) is 11.5 Å². The first kappa shape index (κ1) is 27.3. The Hall–Kier alpha value is -1.87. The normalized spacial score (nSPS) is 35.9. The maximum Gasteiger partial charge on any atom is 0.310 e. The van der Waals surface area contributed by atoms with Crippen molar-refractivity contribution in [2.24, 2.45) is 23.2 Å². The highest BCUT2D eigenvalue weighted by atomic mass is 16.6. The smallest absolute Gasteiger partial charge is 0.310 e. The Labute approximate surface area is 233 Å². The van der Waals surface area contributed by atoms with E-state index in [-0.39, 0.29) is 34.9 Å². The molecule has 0 aromatic heterocycles. The molecule has 8 nitrogen and oxygen atoms in total. The van der Waals surface area contributed by atoms with E-state index in [1.54, 1.807) is 14.2 Å². The molecule has 0 unspecified atom stereocenters. The maximum absolute atomic E-state index is 13.4. The lowest BCUT2D eigenvalue weighted by Crippen LogP contribution is -2.51. The third-order valence-corrected chi connectivity index (χ3v) is 10.5. The van der Waals surface area contributed by atoms with Gasteiger partial charge in [0.05, 0.1) is 45.6 Å². The molecule has 2 saturated carbocycles. The number of carbonyl (C=O) groups excluding carboxylic acids is 1. The molecular weight excluding hydrogens is 496 g/mol. The zero-order chi connectivity index (χ0) is 27.0. The fraction of sp³-hybridized carbons (Fsp3) is 0.774. The average Bonchev–Trinajstić information content (AvgIpc) is 3.64. The third-order valence-electron chi connectivity index (χ3n) is 10.5. The van der Waals surface area contributed by atoms with Crippen LogP contribution in [0.5, 0.6) is 11.5 Å². The molecular formula is C31H46N2O6. The van der Waals surface area contributed by atoms with Crippen molar-refractivity contribution in [3.8, 4) is 11.5 Å². The number of esters is 1. The van der Waals surface area contributed by atoms with E-state index < -0.39 is 0 Å². The van der Waals surface area contributed by atoms with Gasteiger partial charge in [0, 0.05) is 37.7 Å². The molecule has 3 aliphatic heterocycles. The molecule has 2 aliphatic carbocycles. The zero-order valence-corrected chi connectivity index (χ0v) is 24.0. The number of hydrogen-bond donors (Lipinski definition) is 0. The van der Waals surface area contributed by atoms with Gasteiger partial charge in [-0.3, -0.25) is 14.6 Å². The Morgan fingerprint density at radius 3 is 2.72 bits per heavy atom. The van der Waals surface area contributed by atoms with Crippen LogP contribution in [0.25, 0.3) is 0 Å². The third kappa shape index (κ3) is 5.42. The summed E-state index contributed by atoms with van der Waals surface area (Å²) in [5.41, 5.74) is 1.37. The first-order valence-corrected chi connectivity index (χ1v) is 15.0. The second-order valence-corrected chi connectivity index (χ2v) is 12.8. The molecule has 0 N–H and O–H groups in total. The molecule has 8 heteroatoms. The molecule has 39 heavy (non-hydrogen) atoms. The summed E-state index contributed by atoms with van der Waals surface area (Å²) in [5, 5.41) is 0. The molecule has 3 heterocycles. The molecule has 5 fully saturated rings. The number of carbonyl (C=O) groups is 1. The van der Waals surface area contributed by atoms with Gasteiger partial charge in [-0.2, -0.15) is 0 Å². The quantitative estimate of drug-likeness (QED) is 0.327. The van der Waals surface area contributed by atoms with Gasteiger partial charge in [-0.15, -0.1) is 0 Å². The minimum Gasteiger partial charge on any atom is -0.493 e. The molecule has 6 atom stereocenters. The molecule has 0 amide bonds. The Morgan fingerprint density at radius 1 is 1.15 bits per heavy atom. The highest BCUT2D eigenvalue weighted by Crippen LogP contribution is 2.62. The fourth-order valence-corrected chi connectivity index (χ4v) is 8.34. The second-order valence-electron chi connectivity index (χ2n) is 12.8. The second kappa shape index (κ2) is 11.2. The van der Waals surface area contributed by atoms with E-state index in [4.69, 9.17) is 23.7 Å². The van der Waals surface area contributed by atoms with E-state index in [9.17, 15) is 4.79 Å². The minimum absolute atomic E-state index is 0.00574. The number of morpholine rings is 1. The van der Waals surface area contributed by atoms with E-state index in [1.165, 1.54) is 19.3 Å². The van der Waals surface area contributed by atoms with E-state index in [0.29, 0.717) is 19.0 Å². The molecule has 1 aromatic rings. The number of rotatable bonds is 10. The molecule has 3 saturated heterocycles. The Bertz CT molecular complexity index is 1020. The predicted molar refractivity (Wildman–Crippen MR) is 147 cm³/mol. The van der Waals surface area contributed by atoms with Crippen LogP contribution in [-0.4, -0.2) is 94.2 Å². The van der Waals surface area contributed by atoms with Crippen molar-refractivity contribution in [2.75, 3.05) is 66.8 Å². The number of fused-ring (bicyclic) bond motifs is 3. The van der Waals surface area contributed by atoms with Gasteiger partial charge in [0.25, 0.3) is 0 Å². The standard InChI is InChI=1S/C31H46N2O6/c1-30-9-5-10-31(21-38-31)27(30)17-23-24(29(34)39-26(23)18-30)20-33(12-6-11-32-13-15-37-16-14-32)19-22-7-4-8-25(35-2)28(22)36-3/h4,7-8,23-24,26-27H,5-6,9-21H2,1-3H3/t23-,24-,26+,27+,30+,31-/m0/s1. The predicted octanol–water partition coefficient (Wildman–Crippen LogP) is 3.76. The maximum atomic E-state index is 13.4. The molecule has 216 valence electrons. The average molecular weight is 543 g/mol. The van der Waals surface area contributed by atoms with Crippen LogP contribution >= 0.6 is 0 Å². The van der Waals surface area contributed by atoms with Crippen LogP contribution in [0.3, 0.4) is 0 Å². The highest BCUT2D eigenvalue weighted by molar-refractivity contribution is 5.75. The first-order valence-electron chi connectivity index (χ1n) is 15.0. The number of para-hydroxylation sites is 1. The van der Waals surface area contributed by atoms with Crippen molar-refractivity contribution in [3.05, 3.63) is 23.8 Å². The van der Waals surface area contributed by atoms with Crippen molar-refractivity contribution in [1.29, 1.82) is 0 Å². The molecule has 5 aliphatic rings. The summed E-state index contributed by atoms with van der Waals surface area (Å²) in [7, 11) is 3.37. The number of ether oxygens (including phenoxy) is 5. The van der Waals surface area contributed by atoms with Crippen LogP contribution in [-0.2, 0) is 25.5 Å². The van der Waals surface area contributed by atoms with Crippen LogP contribution in [0.15, 0.2) is 18.2 Å². The molecule has 0 bridgehead atoms.